The van der Waals surface area contributed by atoms with Crippen molar-refractivity contribution in [2.24, 2.45) is 0 Å². The van der Waals surface area contributed by atoms with Gasteiger partial charge in [0.1, 0.15) is 5.60 Å². The Morgan fingerprint density at radius 3 is 2.33 bits per heavy atom. The molecule has 0 aliphatic heterocycles. The standard InChI is InChI=1S/C19H30N2O3/c1-14-9-8-10-15(11-14)12-16(22)21(7)13-19(5,6)20-17(23)24-18(2,3)4/h8-11H,12-13H2,1-7H3,(H,20,23). The van der Waals surface area contributed by atoms with Gasteiger partial charge in [0.25, 0.3) is 0 Å². The van der Waals surface area contributed by atoms with Crippen molar-refractivity contribution >= 4 is 12.0 Å². The maximum atomic E-state index is 12.4. The van der Waals surface area contributed by atoms with Gasteiger partial charge >= 0.3 is 6.09 Å². The van der Waals surface area contributed by atoms with E-state index in [4.69, 9.17) is 4.74 Å². The third-order valence-corrected chi connectivity index (χ3v) is 3.34. The van der Waals surface area contributed by atoms with E-state index in [-0.39, 0.29) is 5.91 Å². The molecule has 0 atom stereocenters. The van der Waals surface area contributed by atoms with Crippen molar-refractivity contribution in [3.05, 3.63) is 35.4 Å². The van der Waals surface area contributed by atoms with Gasteiger partial charge in [-0.1, -0.05) is 29.8 Å². The molecule has 0 unspecified atom stereocenters. The van der Waals surface area contributed by atoms with Gasteiger partial charge in [-0.2, -0.15) is 0 Å². The number of rotatable bonds is 5. The van der Waals surface area contributed by atoms with Gasteiger partial charge in [-0.15, -0.1) is 0 Å². The van der Waals surface area contributed by atoms with Gasteiger partial charge in [0.05, 0.1) is 12.0 Å². The quantitative estimate of drug-likeness (QED) is 0.899. The van der Waals surface area contributed by atoms with E-state index >= 15 is 0 Å². The van der Waals surface area contributed by atoms with Crippen molar-refractivity contribution in [3.63, 3.8) is 0 Å². The normalized spacial score (nSPS) is 11.8. The smallest absolute Gasteiger partial charge is 0.408 e. The highest BCUT2D eigenvalue weighted by molar-refractivity contribution is 5.78. The van der Waals surface area contributed by atoms with Gasteiger partial charge in [-0.05, 0) is 47.1 Å². The molecule has 5 heteroatoms. The summed E-state index contributed by atoms with van der Waals surface area (Å²) in [7, 11) is 1.75. The zero-order chi connectivity index (χ0) is 18.5. The second kappa shape index (κ2) is 7.69. The Morgan fingerprint density at radius 1 is 1.17 bits per heavy atom. The second-order valence-electron chi connectivity index (χ2n) is 7.93. The molecule has 134 valence electrons. The van der Waals surface area contributed by atoms with E-state index in [0.717, 1.165) is 11.1 Å². The van der Waals surface area contributed by atoms with E-state index in [2.05, 4.69) is 5.32 Å². The number of amides is 2. The number of hydrogen-bond donors (Lipinski definition) is 1. The summed E-state index contributed by atoms with van der Waals surface area (Å²) in [6.45, 7) is 11.6. The molecule has 0 saturated carbocycles. The number of benzene rings is 1. The lowest BCUT2D eigenvalue weighted by atomic mass is 10.0. The molecule has 1 rings (SSSR count). The molecule has 0 fully saturated rings. The summed E-state index contributed by atoms with van der Waals surface area (Å²) in [6, 6.07) is 7.91. The van der Waals surface area contributed by atoms with Crippen LogP contribution in [0.3, 0.4) is 0 Å². The first-order chi connectivity index (χ1) is 10.9. The van der Waals surface area contributed by atoms with Crippen LogP contribution < -0.4 is 5.32 Å². The monoisotopic (exact) mass is 334 g/mol. The van der Waals surface area contributed by atoms with Crippen molar-refractivity contribution in [2.75, 3.05) is 13.6 Å². The second-order valence-corrected chi connectivity index (χ2v) is 7.93. The Labute approximate surface area is 145 Å². The summed E-state index contributed by atoms with van der Waals surface area (Å²) >= 11 is 0. The predicted molar refractivity (Wildman–Crippen MR) is 96.0 cm³/mol. The van der Waals surface area contributed by atoms with E-state index in [9.17, 15) is 9.59 Å². The average molecular weight is 334 g/mol. The van der Waals surface area contributed by atoms with Gasteiger partial charge in [0, 0.05) is 13.6 Å². The number of aryl methyl sites for hydroxylation is 1. The minimum atomic E-state index is -0.584. The van der Waals surface area contributed by atoms with Crippen LogP contribution in [0.25, 0.3) is 0 Å². The molecule has 1 aromatic carbocycles. The van der Waals surface area contributed by atoms with Crippen molar-refractivity contribution in [2.45, 2.75) is 59.1 Å². The Bertz CT molecular complexity index is 589. The van der Waals surface area contributed by atoms with E-state index < -0.39 is 17.2 Å². The number of carbonyl (C=O) groups is 2. The lowest BCUT2D eigenvalue weighted by Crippen LogP contribution is -2.53. The number of hydrogen-bond acceptors (Lipinski definition) is 3. The Balaban J connectivity index is 2.59. The van der Waals surface area contributed by atoms with Crippen LogP contribution in [0.4, 0.5) is 4.79 Å². The maximum absolute atomic E-state index is 12.4. The van der Waals surface area contributed by atoms with E-state index in [0.29, 0.717) is 13.0 Å². The van der Waals surface area contributed by atoms with E-state index in [1.165, 1.54) is 0 Å². The highest BCUT2D eigenvalue weighted by atomic mass is 16.6. The first kappa shape index (κ1) is 20.0. The Morgan fingerprint density at radius 2 is 1.79 bits per heavy atom. The zero-order valence-electron chi connectivity index (χ0n) is 15.9. The summed E-state index contributed by atoms with van der Waals surface area (Å²) < 4.78 is 5.27. The molecule has 0 heterocycles. The summed E-state index contributed by atoms with van der Waals surface area (Å²) in [4.78, 5) is 26.0. The summed E-state index contributed by atoms with van der Waals surface area (Å²) in [5.41, 5.74) is 0.992. The number of alkyl carbamates (subject to hydrolysis) is 1. The fourth-order valence-corrected chi connectivity index (χ4v) is 2.43. The van der Waals surface area contributed by atoms with Crippen LogP contribution in [0.5, 0.6) is 0 Å². The number of likely N-dealkylation sites (N-methyl/N-ethyl adjacent to an activating group) is 1. The minimum absolute atomic E-state index is 0.0136. The van der Waals surface area contributed by atoms with Crippen LogP contribution in [0.1, 0.15) is 45.7 Å². The molecular formula is C19H30N2O3. The minimum Gasteiger partial charge on any atom is -0.444 e. The first-order valence-corrected chi connectivity index (χ1v) is 8.19. The fourth-order valence-electron chi connectivity index (χ4n) is 2.43. The number of carbonyl (C=O) groups excluding carboxylic acids is 2. The molecule has 5 nitrogen and oxygen atoms in total. The Hall–Kier alpha value is -2.04. The van der Waals surface area contributed by atoms with Gasteiger partial charge < -0.3 is 15.0 Å². The van der Waals surface area contributed by atoms with Crippen LogP contribution >= 0.6 is 0 Å². The van der Waals surface area contributed by atoms with Crippen LogP contribution in [0.15, 0.2) is 24.3 Å². The number of nitrogens with one attached hydrogen (secondary N) is 1. The lowest BCUT2D eigenvalue weighted by Gasteiger charge is -2.32. The molecule has 0 saturated heterocycles. The molecule has 0 aromatic heterocycles. The summed E-state index contributed by atoms with van der Waals surface area (Å²) in [5, 5.41) is 2.82. The van der Waals surface area contributed by atoms with Crippen LogP contribution in [0.2, 0.25) is 0 Å². The molecule has 0 radical (unpaired) electrons. The summed E-state index contributed by atoms with van der Waals surface area (Å²) in [6.07, 6.45) is -0.132. The third-order valence-electron chi connectivity index (χ3n) is 3.34. The van der Waals surface area contributed by atoms with Crippen molar-refractivity contribution in [3.8, 4) is 0 Å². The first-order valence-electron chi connectivity index (χ1n) is 8.19. The van der Waals surface area contributed by atoms with E-state index in [1.807, 2.05) is 65.8 Å². The molecule has 2 amide bonds. The molecule has 0 spiro atoms. The Kier molecular flexibility index (Phi) is 6.41. The third kappa shape index (κ3) is 7.49. The molecule has 1 aromatic rings. The van der Waals surface area contributed by atoms with Crippen molar-refractivity contribution < 1.29 is 14.3 Å². The number of ether oxygens (including phenoxy) is 1. The largest absolute Gasteiger partial charge is 0.444 e. The molecule has 0 bridgehead atoms. The fraction of sp³-hybridized carbons (Fsp3) is 0.579. The van der Waals surface area contributed by atoms with Gasteiger partial charge in [0.2, 0.25) is 5.91 Å². The van der Waals surface area contributed by atoms with Gasteiger partial charge in [-0.25, -0.2) is 4.79 Å². The van der Waals surface area contributed by atoms with Crippen LogP contribution in [-0.4, -0.2) is 41.6 Å². The topological polar surface area (TPSA) is 58.6 Å². The lowest BCUT2D eigenvalue weighted by molar-refractivity contribution is -0.130. The molecule has 1 N–H and O–H groups in total. The van der Waals surface area contributed by atoms with E-state index in [1.54, 1.807) is 11.9 Å². The summed E-state index contributed by atoms with van der Waals surface area (Å²) in [5.74, 6) is 0.0136. The van der Waals surface area contributed by atoms with Crippen molar-refractivity contribution in [1.29, 1.82) is 0 Å². The molecule has 24 heavy (non-hydrogen) atoms. The van der Waals surface area contributed by atoms with Crippen LogP contribution in [0, 0.1) is 6.92 Å². The van der Waals surface area contributed by atoms with Gasteiger partial charge in [0.15, 0.2) is 0 Å². The van der Waals surface area contributed by atoms with Crippen molar-refractivity contribution in [1.82, 2.24) is 10.2 Å². The zero-order valence-corrected chi connectivity index (χ0v) is 15.9. The molecule has 0 aliphatic rings. The average Bonchev–Trinajstić information content (AvgIpc) is 2.34. The van der Waals surface area contributed by atoms with Crippen LogP contribution in [-0.2, 0) is 16.0 Å². The maximum Gasteiger partial charge on any atom is 0.408 e. The predicted octanol–water partition coefficient (Wildman–Crippen LogP) is 3.30. The number of nitrogens with zero attached hydrogens (tertiary/aromatic N) is 1. The molecule has 0 aliphatic carbocycles. The molecular weight excluding hydrogens is 304 g/mol. The highest BCUT2D eigenvalue weighted by Gasteiger charge is 2.27. The highest BCUT2D eigenvalue weighted by Crippen LogP contribution is 2.12. The van der Waals surface area contributed by atoms with Gasteiger partial charge in [-0.3, -0.25) is 4.79 Å². The SMILES string of the molecule is Cc1cccc(CC(=O)N(C)CC(C)(C)NC(=O)OC(C)(C)C)c1.